The third-order valence-electron chi connectivity index (χ3n) is 7.94. The van der Waals surface area contributed by atoms with Crippen LogP contribution in [-0.2, 0) is 4.74 Å². The molecule has 9 nitrogen and oxygen atoms in total. The van der Waals surface area contributed by atoms with Gasteiger partial charge in [0.25, 0.3) is 5.91 Å². The number of piperazine rings is 1. The molecule has 0 atom stereocenters. The Morgan fingerprint density at radius 2 is 1.76 bits per heavy atom. The van der Waals surface area contributed by atoms with Gasteiger partial charge in [-0.15, -0.1) is 0 Å². The van der Waals surface area contributed by atoms with Gasteiger partial charge in [-0.3, -0.25) is 9.20 Å². The molecule has 0 bridgehead atoms. The maximum Gasteiger partial charge on any atom is 0.410 e. The molecule has 0 aliphatic carbocycles. The van der Waals surface area contributed by atoms with E-state index in [-0.39, 0.29) is 23.9 Å². The highest BCUT2D eigenvalue weighted by Crippen LogP contribution is 2.32. The summed E-state index contributed by atoms with van der Waals surface area (Å²) in [5.74, 6) is -0.392. The highest BCUT2D eigenvalue weighted by molar-refractivity contribution is 7.23. The normalized spacial score (nSPS) is 17.3. The van der Waals surface area contributed by atoms with Gasteiger partial charge in [-0.1, -0.05) is 11.3 Å². The molecular weight excluding hydrogens is 555 g/mol. The number of carbonyl (C=O) groups is 2. The number of thiazole rings is 1. The zero-order chi connectivity index (χ0) is 29.6. The van der Waals surface area contributed by atoms with Crippen LogP contribution >= 0.6 is 11.3 Å². The molecule has 0 unspecified atom stereocenters. The summed E-state index contributed by atoms with van der Waals surface area (Å²) in [6.45, 7) is 9.78. The number of carbonyl (C=O) groups excluding carboxylic acids is 2. The Hall–Kier alpha value is -3.70. The van der Waals surface area contributed by atoms with Crippen molar-refractivity contribution < 1.29 is 18.7 Å². The Morgan fingerprint density at radius 1 is 1.02 bits per heavy atom. The molecule has 2 aromatic carbocycles. The van der Waals surface area contributed by atoms with E-state index in [2.05, 4.69) is 22.2 Å². The van der Waals surface area contributed by atoms with Crippen LogP contribution in [0.4, 0.5) is 14.9 Å². The average molecular weight is 593 g/mol. The number of hydrogen-bond acceptors (Lipinski definition) is 7. The number of anilines is 1. The number of ether oxygens (including phenoxy) is 1. The van der Waals surface area contributed by atoms with Crippen molar-refractivity contribution in [1.82, 2.24) is 24.5 Å². The molecule has 4 aromatic rings. The number of amides is 2. The van der Waals surface area contributed by atoms with Gasteiger partial charge in [0.05, 0.1) is 15.9 Å². The maximum atomic E-state index is 15.4. The van der Waals surface area contributed by atoms with Gasteiger partial charge in [-0.2, -0.15) is 0 Å². The minimum Gasteiger partial charge on any atom is -0.444 e. The predicted octanol–water partition coefficient (Wildman–Crippen LogP) is 5.24. The quantitative estimate of drug-likeness (QED) is 0.349. The fourth-order valence-corrected chi connectivity index (χ4v) is 6.62. The van der Waals surface area contributed by atoms with Crippen molar-refractivity contribution in [3.05, 3.63) is 54.0 Å². The highest BCUT2D eigenvalue weighted by Gasteiger charge is 2.26. The summed E-state index contributed by atoms with van der Waals surface area (Å²) in [6.07, 6.45) is 3.46. The number of nitrogens with zero attached hydrogens (tertiary/aromatic N) is 5. The molecule has 0 saturated carbocycles. The van der Waals surface area contributed by atoms with Crippen molar-refractivity contribution in [2.45, 2.75) is 45.3 Å². The topological polar surface area (TPSA) is 82.4 Å². The first kappa shape index (κ1) is 28.4. The minimum absolute atomic E-state index is 0.0494. The predicted molar refractivity (Wildman–Crippen MR) is 164 cm³/mol. The van der Waals surface area contributed by atoms with Gasteiger partial charge in [0.2, 0.25) is 0 Å². The van der Waals surface area contributed by atoms with Crippen molar-refractivity contribution in [3.8, 4) is 11.3 Å². The molecule has 222 valence electrons. The van der Waals surface area contributed by atoms with Crippen molar-refractivity contribution in [2.75, 3.05) is 51.2 Å². The van der Waals surface area contributed by atoms with E-state index < -0.39 is 5.60 Å². The lowest BCUT2D eigenvalue weighted by Gasteiger charge is -2.36. The van der Waals surface area contributed by atoms with Gasteiger partial charge in [0.15, 0.2) is 4.96 Å². The first-order chi connectivity index (χ1) is 20.0. The Bertz CT molecular complexity index is 1630. The van der Waals surface area contributed by atoms with E-state index in [4.69, 9.17) is 9.72 Å². The van der Waals surface area contributed by atoms with Crippen molar-refractivity contribution in [1.29, 1.82) is 0 Å². The Balaban J connectivity index is 1.14. The van der Waals surface area contributed by atoms with Crippen LogP contribution in [0, 0.1) is 5.82 Å². The van der Waals surface area contributed by atoms with E-state index in [1.807, 2.05) is 55.6 Å². The number of benzene rings is 2. The number of likely N-dealkylation sites (tertiary alicyclic amines) is 1. The molecule has 2 aliphatic rings. The molecule has 2 aromatic heterocycles. The second kappa shape index (κ2) is 11.2. The van der Waals surface area contributed by atoms with Crippen molar-refractivity contribution >= 4 is 44.2 Å². The summed E-state index contributed by atoms with van der Waals surface area (Å²) in [5, 5.41) is 3.18. The van der Waals surface area contributed by atoms with Crippen LogP contribution in [-0.4, -0.2) is 89.1 Å². The zero-order valence-corrected chi connectivity index (χ0v) is 25.3. The summed E-state index contributed by atoms with van der Waals surface area (Å²) >= 11 is 1.48. The van der Waals surface area contributed by atoms with E-state index in [1.165, 1.54) is 11.3 Å². The summed E-state index contributed by atoms with van der Waals surface area (Å²) in [5.41, 5.74) is 2.81. The van der Waals surface area contributed by atoms with Gasteiger partial charge in [-0.05, 0) is 90.1 Å². The number of imidazole rings is 1. The number of halogens is 1. The molecule has 2 amide bonds. The number of aromatic nitrogens is 2. The molecule has 1 N–H and O–H groups in total. The second-order valence-corrected chi connectivity index (χ2v) is 13.2. The lowest BCUT2D eigenvalue weighted by molar-refractivity contribution is 0.0240. The van der Waals surface area contributed by atoms with Crippen LogP contribution in [0.1, 0.15) is 44.0 Å². The maximum absolute atomic E-state index is 15.4. The Morgan fingerprint density at radius 3 is 2.45 bits per heavy atom. The van der Waals surface area contributed by atoms with E-state index in [0.29, 0.717) is 43.0 Å². The minimum atomic E-state index is -0.535. The fourth-order valence-electron chi connectivity index (χ4n) is 5.58. The standard InChI is InChI=1S/C31H37FN6O3S/c1-31(2,3)41-30(40)37-15-13-36(14-16-37)22-6-7-23(24(32)18-22)25-19-38-26-8-5-20(17-27(26)42-29(38)34-25)28(39)33-21-9-11-35(4)12-10-21/h5-8,17-19,21H,9-16H2,1-4H3,(H,33,39). The lowest BCUT2D eigenvalue weighted by Crippen LogP contribution is -2.50. The first-order valence-corrected chi connectivity index (χ1v) is 15.3. The van der Waals surface area contributed by atoms with Crippen molar-refractivity contribution in [3.63, 3.8) is 0 Å². The summed E-state index contributed by atoms with van der Waals surface area (Å²) in [7, 11) is 2.10. The largest absolute Gasteiger partial charge is 0.444 e. The average Bonchev–Trinajstić information content (AvgIpc) is 3.51. The van der Waals surface area contributed by atoms with Crippen LogP contribution in [0.3, 0.4) is 0 Å². The van der Waals surface area contributed by atoms with Gasteiger partial charge in [0, 0.05) is 55.2 Å². The third-order valence-corrected chi connectivity index (χ3v) is 8.95. The molecule has 11 heteroatoms. The van der Waals surface area contributed by atoms with E-state index in [0.717, 1.165) is 46.8 Å². The molecule has 2 saturated heterocycles. The van der Waals surface area contributed by atoms with Crippen LogP contribution in [0.15, 0.2) is 42.6 Å². The van der Waals surface area contributed by atoms with E-state index in [9.17, 15) is 9.59 Å². The Kier molecular flexibility index (Phi) is 7.57. The highest BCUT2D eigenvalue weighted by atomic mass is 32.1. The number of rotatable bonds is 4. The molecule has 2 fully saturated rings. The van der Waals surface area contributed by atoms with Crippen LogP contribution in [0.25, 0.3) is 26.4 Å². The second-order valence-electron chi connectivity index (χ2n) is 12.2. The molecule has 4 heterocycles. The van der Waals surface area contributed by atoms with Gasteiger partial charge < -0.3 is 24.8 Å². The van der Waals surface area contributed by atoms with Crippen LogP contribution in [0.2, 0.25) is 0 Å². The fraction of sp³-hybridized carbons (Fsp3) is 0.452. The Labute approximate surface area is 248 Å². The van der Waals surface area contributed by atoms with Gasteiger partial charge in [-0.25, -0.2) is 14.2 Å². The SMILES string of the molecule is CN1CCC(NC(=O)c2ccc3c(c2)sc2nc(-c4ccc(N5CCN(C(=O)OC(C)(C)C)CC5)cc4F)cn23)CC1. The smallest absolute Gasteiger partial charge is 0.410 e. The van der Waals surface area contributed by atoms with Gasteiger partial charge >= 0.3 is 6.09 Å². The molecule has 6 rings (SSSR count). The first-order valence-electron chi connectivity index (χ1n) is 14.5. The summed E-state index contributed by atoms with van der Waals surface area (Å²) in [6, 6.07) is 11.1. The summed E-state index contributed by atoms with van der Waals surface area (Å²) < 4.78 is 23.8. The third kappa shape index (κ3) is 5.94. The molecule has 0 spiro atoms. The van der Waals surface area contributed by atoms with E-state index >= 15 is 4.39 Å². The molecule has 0 radical (unpaired) electrons. The monoisotopic (exact) mass is 592 g/mol. The van der Waals surface area contributed by atoms with Crippen LogP contribution in [0.5, 0.6) is 0 Å². The zero-order valence-electron chi connectivity index (χ0n) is 24.5. The number of piperidine rings is 1. The van der Waals surface area contributed by atoms with Crippen molar-refractivity contribution in [2.24, 2.45) is 0 Å². The number of fused-ring (bicyclic) bond motifs is 3. The van der Waals surface area contributed by atoms with Crippen LogP contribution < -0.4 is 10.2 Å². The lowest BCUT2D eigenvalue weighted by atomic mass is 10.0. The molecule has 2 aliphatic heterocycles. The number of hydrogen-bond donors (Lipinski definition) is 1. The number of nitrogens with one attached hydrogen (secondary N) is 1. The van der Waals surface area contributed by atoms with E-state index in [1.54, 1.807) is 17.0 Å². The summed E-state index contributed by atoms with van der Waals surface area (Å²) in [4.78, 5) is 36.8. The molecular formula is C31H37FN6O3S. The molecule has 42 heavy (non-hydrogen) atoms. The van der Waals surface area contributed by atoms with Gasteiger partial charge in [0.1, 0.15) is 11.4 Å².